The zero-order valence-electron chi connectivity index (χ0n) is 16.7. The highest BCUT2D eigenvalue weighted by molar-refractivity contribution is 6.00. The Hall–Kier alpha value is -1.82. The molecule has 0 aliphatic heterocycles. The van der Waals surface area contributed by atoms with E-state index >= 15 is 0 Å². The van der Waals surface area contributed by atoms with Gasteiger partial charge in [-0.3, -0.25) is 0 Å². The SMILES string of the molecule is CC.CC.[2H]C=C1c2ccccc2-c2ccccc21.[2H][2H].[2H][2H]. The normalized spacial score (nSPS) is 11.8. The molecule has 1 aliphatic rings. The van der Waals surface area contributed by atoms with Crippen LogP contribution in [0, 0.1) is 0 Å². The van der Waals surface area contributed by atoms with Crippen molar-refractivity contribution in [2.75, 3.05) is 0 Å². The van der Waals surface area contributed by atoms with E-state index in [1.165, 1.54) is 28.8 Å². The van der Waals surface area contributed by atoms with Gasteiger partial charge < -0.3 is 0 Å². The minimum absolute atomic E-state index is 1.03. The lowest BCUT2D eigenvalue weighted by Gasteiger charge is -1.97. The van der Waals surface area contributed by atoms with Crippen LogP contribution in [0.2, 0.25) is 0 Å². The molecule has 2 aromatic carbocycles. The van der Waals surface area contributed by atoms with Crippen molar-refractivity contribution in [3.63, 3.8) is 0 Å². The van der Waals surface area contributed by atoms with Crippen molar-refractivity contribution in [3.05, 3.63) is 66.2 Å². The van der Waals surface area contributed by atoms with E-state index in [1.54, 1.807) is 0 Å². The molecule has 0 atom stereocenters. The van der Waals surface area contributed by atoms with Crippen LogP contribution in [-0.4, -0.2) is 0 Å². The van der Waals surface area contributed by atoms with Gasteiger partial charge in [-0.15, -0.1) is 0 Å². The highest BCUT2D eigenvalue weighted by atomic mass is 14.2. The molecule has 0 saturated heterocycles. The van der Waals surface area contributed by atoms with Crippen LogP contribution >= 0.6 is 0 Å². The molecule has 0 saturated carbocycles. The Bertz CT molecular complexity index is 517. The maximum absolute atomic E-state index is 7.50. The van der Waals surface area contributed by atoms with Crippen molar-refractivity contribution in [2.45, 2.75) is 27.7 Å². The van der Waals surface area contributed by atoms with Gasteiger partial charge in [-0.05, 0) is 27.8 Å². The number of rotatable bonds is 0. The highest BCUT2D eigenvalue weighted by Gasteiger charge is 2.19. The molecule has 0 fully saturated rings. The van der Waals surface area contributed by atoms with Crippen LogP contribution in [0.25, 0.3) is 16.7 Å². The maximum atomic E-state index is 7.50. The van der Waals surface area contributed by atoms with Crippen molar-refractivity contribution in [1.82, 2.24) is 0 Å². The molecule has 0 radical (unpaired) electrons. The zero-order valence-corrected chi connectivity index (χ0v) is 11.7. The molecule has 1 aliphatic carbocycles. The fourth-order valence-corrected chi connectivity index (χ4v) is 2.05. The van der Waals surface area contributed by atoms with Crippen LogP contribution in [0.3, 0.4) is 0 Å². The summed E-state index contributed by atoms with van der Waals surface area (Å²) in [6.45, 7) is 9.45. The quantitative estimate of drug-likeness (QED) is 0.439. The van der Waals surface area contributed by atoms with Gasteiger partial charge in [0.1, 0.15) is 0 Å². The summed E-state index contributed by atoms with van der Waals surface area (Å²) < 4.78 is 27.5. The van der Waals surface area contributed by atoms with Crippen LogP contribution in [0.4, 0.5) is 0 Å². The van der Waals surface area contributed by atoms with Crippen molar-refractivity contribution >= 4 is 5.57 Å². The van der Waals surface area contributed by atoms with Gasteiger partial charge >= 0.3 is 0 Å². The second kappa shape index (κ2) is 6.80. The van der Waals surface area contributed by atoms with Crippen molar-refractivity contribution in [1.29, 1.82) is 0 Å². The lowest BCUT2D eigenvalue weighted by Crippen LogP contribution is -1.75. The molecule has 0 N–H and O–H groups in total. The maximum Gasteiger partial charge on any atom is 0.0544 e. The number of hydrogen-bond donors (Lipinski definition) is 0. The molecule has 0 unspecified atom stereocenters. The second-order valence-electron chi connectivity index (χ2n) is 3.50. The largest absolute Gasteiger partial charge is 0.0905 e. The summed E-state index contributed by atoms with van der Waals surface area (Å²) in [4.78, 5) is 0. The van der Waals surface area contributed by atoms with Crippen LogP contribution in [0.1, 0.15) is 46.1 Å². The topological polar surface area (TPSA) is 0 Å². The number of hydrogen-bond acceptors (Lipinski definition) is 0. The van der Waals surface area contributed by atoms with E-state index in [4.69, 9.17) is 7.31 Å². The molecule has 0 amide bonds. The van der Waals surface area contributed by atoms with E-state index in [0.29, 0.717) is 0 Å². The molecular weight excluding hydrogens is 216 g/mol. The Labute approximate surface area is 119 Å². The van der Waals surface area contributed by atoms with Gasteiger partial charge in [-0.1, -0.05) is 82.8 Å². The van der Waals surface area contributed by atoms with Gasteiger partial charge in [0.2, 0.25) is 0 Å². The van der Waals surface area contributed by atoms with Gasteiger partial charge in [-0.25, -0.2) is 0 Å². The molecule has 0 nitrogen and oxygen atoms in total. The molecule has 3 rings (SSSR count). The number of benzene rings is 2. The van der Waals surface area contributed by atoms with E-state index in [1.807, 2.05) is 52.0 Å². The predicted octanol–water partition coefficient (Wildman–Crippen LogP) is 6.27. The van der Waals surface area contributed by atoms with Crippen molar-refractivity contribution in [2.24, 2.45) is 0 Å². The standard InChI is InChI=1S/C14H10.2C2H6.2H2/c1-10-11-6-2-4-8-13(11)14-9-5-3-7-12(10)14;2*1-2;;/h2-9H,1H2;2*1-2H3;2*1H/i1D;;;2*1+1D. The molecule has 0 heteroatoms. The molecule has 0 heterocycles. The summed E-state index contributed by atoms with van der Waals surface area (Å²) in [5, 5.41) is 0. The third-order valence-electron chi connectivity index (χ3n) is 2.72. The predicted molar refractivity (Wildman–Crippen MR) is 86.9 cm³/mol. The van der Waals surface area contributed by atoms with Gasteiger partial charge in [0.25, 0.3) is 0 Å². The van der Waals surface area contributed by atoms with Crippen molar-refractivity contribution in [3.8, 4) is 11.1 Å². The fraction of sp³-hybridized carbons (Fsp3) is 0.222. The Balaban J connectivity index is 0. The Morgan fingerprint density at radius 1 is 0.778 bits per heavy atom. The first kappa shape index (κ1) is 10.1. The van der Waals surface area contributed by atoms with Crippen molar-refractivity contribution < 1.29 is 7.31 Å². The molecular formula is C18H26. The summed E-state index contributed by atoms with van der Waals surface area (Å²) in [6, 6.07) is 16.5. The molecule has 0 spiro atoms. The van der Waals surface area contributed by atoms with Gasteiger partial charge in [0.05, 0.1) is 1.37 Å². The smallest absolute Gasteiger partial charge is 0.0544 e. The minimum atomic E-state index is 1.03. The third-order valence-corrected chi connectivity index (χ3v) is 2.72. The minimum Gasteiger partial charge on any atom is -0.0905 e. The van der Waals surface area contributed by atoms with E-state index in [0.717, 1.165) is 5.57 Å². The summed E-state index contributed by atoms with van der Waals surface area (Å²) in [6.07, 6.45) is 0. The van der Waals surface area contributed by atoms with Crippen LogP contribution in [-0.2, 0) is 0 Å². The zero-order chi connectivity index (χ0) is 18.3. The van der Waals surface area contributed by atoms with Crippen LogP contribution in [0.5, 0.6) is 0 Å². The molecule has 98 valence electrons. The second-order valence-corrected chi connectivity index (χ2v) is 3.50. The third kappa shape index (κ3) is 2.38. The Morgan fingerprint density at radius 3 is 1.44 bits per heavy atom. The summed E-state index contributed by atoms with van der Waals surface area (Å²) in [5.74, 6) is 0. The van der Waals surface area contributed by atoms with Crippen LogP contribution in [0.15, 0.2) is 55.1 Å². The van der Waals surface area contributed by atoms with E-state index in [9.17, 15) is 0 Å². The molecule has 2 aromatic rings. The first-order valence-corrected chi connectivity index (χ1v) is 6.69. The number of fused-ring (bicyclic) bond motifs is 3. The van der Waals surface area contributed by atoms with E-state index in [2.05, 4.69) is 24.3 Å². The molecule has 0 aromatic heterocycles. The summed E-state index contributed by atoms with van der Waals surface area (Å²) >= 11 is 0. The summed E-state index contributed by atoms with van der Waals surface area (Å²) in [5.41, 5.74) is 5.86. The average Bonchev–Trinajstić information content (AvgIpc) is 3.02. The first-order chi connectivity index (χ1) is 11.4. The van der Waals surface area contributed by atoms with Gasteiger partial charge in [0, 0.05) is 5.94 Å². The molecule has 18 heavy (non-hydrogen) atoms. The lowest BCUT2D eigenvalue weighted by molar-refractivity contribution is 1.50. The summed E-state index contributed by atoms with van der Waals surface area (Å²) in [7, 11) is 0. The Morgan fingerprint density at radius 2 is 1.11 bits per heavy atom. The average molecular weight is 247 g/mol. The Kier molecular flexibility index (Phi) is 3.83. The monoisotopic (exact) mass is 247 g/mol. The fourth-order valence-electron chi connectivity index (χ4n) is 2.05. The van der Waals surface area contributed by atoms with E-state index < -0.39 is 0 Å². The van der Waals surface area contributed by atoms with E-state index in [-0.39, 0.29) is 0 Å². The van der Waals surface area contributed by atoms with Gasteiger partial charge in [0.15, 0.2) is 0 Å². The van der Waals surface area contributed by atoms with Crippen LogP contribution < -0.4 is 0 Å². The lowest BCUT2D eigenvalue weighted by atomic mass is 10.1. The first-order valence-electron chi connectivity index (χ1n) is 9.27. The highest BCUT2D eigenvalue weighted by Crippen LogP contribution is 2.42. The molecule has 0 bridgehead atoms. The van der Waals surface area contributed by atoms with Gasteiger partial charge in [-0.2, -0.15) is 0 Å².